The van der Waals surface area contributed by atoms with Crippen molar-refractivity contribution in [1.29, 1.82) is 0 Å². The van der Waals surface area contributed by atoms with Crippen LogP contribution in [0.1, 0.15) is 10.5 Å². The van der Waals surface area contributed by atoms with Crippen LogP contribution >= 0.6 is 11.6 Å². The lowest BCUT2D eigenvalue weighted by atomic mass is 10.1. The smallest absolute Gasteiger partial charge is 0.496 e. The molecule has 0 radical (unpaired) electrons. The molecule has 2 aromatic rings. The highest BCUT2D eigenvalue weighted by Gasteiger charge is 2.44. The Bertz CT molecular complexity index is 860. The number of aromatic carboxylic acids is 1. The monoisotopic (exact) mass is 358 g/mol. The number of nitrogen functional groups attached to an aromatic ring is 1. The highest BCUT2D eigenvalue weighted by Crippen LogP contribution is 2.47. The van der Waals surface area contributed by atoms with Crippen LogP contribution in [0.5, 0.6) is 17.2 Å². The maximum atomic E-state index is 13.2. The van der Waals surface area contributed by atoms with Gasteiger partial charge in [-0.05, 0) is 12.1 Å². The van der Waals surface area contributed by atoms with E-state index in [4.69, 9.17) is 27.2 Å². The number of hydrogen-bond donors (Lipinski definition) is 2. The van der Waals surface area contributed by atoms with Crippen molar-refractivity contribution in [1.82, 2.24) is 4.98 Å². The molecule has 126 valence electrons. The summed E-state index contributed by atoms with van der Waals surface area (Å²) in [6.45, 7) is 0. The topological polar surface area (TPSA) is 104 Å². The number of anilines is 1. The molecule has 3 N–H and O–H groups in total. The molecule has 1 aliphatic heterocycles. The maximum absolute atomic E-state index is 13.2. The zero-order valence-electron chi connectivity index (χ0n) is 12.0. The first-order valence-corrected chi connectivity index (χ1v) is 6.77. The zero-order valence-corrected chi connectivity index (χ0v) is 12.7. The Balaban J connectivity index is 2.19. The van der Waals surface area contributed by atoms with E-state index in [0.29, 0.717) is 0 Å². The van der Waals surface area contributed by atoms with Crippen LogP contribution in [0.3, 0.4) is 0 Å². The van der Waals surface area contributed by atoms with Gasteiger partial charge in [-0.25, -0.2) is 9.78 Å². The Morgan fingerprint density at radius 1 is 1.33 bits per heavy atom. The highest BCUT2D eigenvalue weighted by atomic mass is 35.5. The normalized spacial score (nSPS) is 14.5. The van der Waals surface area contributed by atoms with Gasteiger partial charge in [0.25, 0.3) is 0 Å². The Kier molecular flexibility index (Phi) is 3.60. The van der Waals surface area contributed by atoms with Crippen molar-refractivity contribution >= 4 is 23.3 Å². The third kappa shape index (κ3) is 2.62. The Morgan fingerprint density at radius 3 is 2.54 bits per heavy atom. The van der Waals surface area contributed by atoms with Gasteiger partial charge in [-0.2, -0.15) is 0 Å². The average molecular weight is 359 g/mol. The lowest BCUT2D eigenvalue weighted by Crippen LogP contribution is -2.25. The minimum absolute atomic E-state index is 0.0379. The number of pyridine rings is 1. The van der Waals surface area contributed by atoms with E-state index < -0.39 is 18.0 Å². The molecule has 0 saturated heterocycles. The molecule has 1 aromatic carbocycles. The number of nitrogens with two attached hydrogens (primary N) is 1. The van der Waals surface area contributed by atoms with E-state index >= 15 is 0 Å². The highest BCUT2D eigenvalue weighted by molar-refractivity contribution is 6.35. The van der Waals surface area contributed by atoms with Gasteiger partial charge in [-0.15, -0.1) is 8.78 Å². The molecule has 0 spiro atoms. The average Bonchev–Trinajstić information content (AvgIpc) is 2.80. The van der Waals surface area contributed by atoms with E-state index in [9.17, 15) is 13.6 Å². The van der Waals surface area contributed by atoms with E-state index in [1.165, 1.54) is 25.3 Å². The number of carbonyl (C=O) groups is 1. The molecule has 3 rings (SSSR count). The van der Waals surface area contributed by atoms with Crippen molar-refractivity contribution in [2.24, 2.45) is 0 Å². The lowest BCUT2D eigenvalue weighted by molar-refractivity contribution is -0.286. The van der Waals surface area contributed by atoms with Crippen LogP contribution in [0, 0.1) is 0 Å². The number of carboxylic acid groups (broad SMARTS) is 1. The van der Waals surface area contributed by atoms with Gasteiger partial charge in [-0.1, -0.05) is 11.6 Å². The van der Waals surface area contributed by atoms with E-state index in [-0.39, 0.29) is 39.2 Å². The van der Waals surface area contributed by atoms with Crippen LogP contribution in [0.4, 0.5) is 14.5 Å². The van der Waals surface area contributed by atoms with Crippen molar-refractivity contribution in [3.63, 3.8) is 0 Å². The van der Waals surface area contributed by atoms with Gasteiger partial charge in [0, 0.05) is 11.6 Å². The van der Waals surface area contributed by atoms with Gasteiger partial charge in [0.1, 0.15) is 5.75 Å². The van der Waals surface area contributed by atoms with Gasteiger partial charge in [0.05, 0.1) is 23.5 Å². The molecular formula is C14H9ClF2N2O5. The summed E-state index contributed by atoms with van der Waals surface area (Å²) < 4.78 is 40.2. The van der Waals surface area contributed by atoms with Crippen LogP contribution in [0.2, 0.25) is 5.02 Å². The predicted octanol–water partition coefficient (Wildman–Crippen LogP) is 3.01. The fourth-order valence-electron chi connectivity index (χ4n) is 2.18. The fraction of sp³-hybridized carbons (Fsp3) is 0.143. The Hall–Kier alpha value is -2.81. The molecular weight excluding hydrogens is 350 g/mol. The van der Waals surface area contributed by atoms with E-state index in [2.05, 4.69) is 14.5 Å². The number of rotatable bonds is 3. The summed E-state index contributed by atoms with van der Waals surface area (Å²) >= 11 is 5.81. The second-order valence-electron chi connectivity index (χ2n) is 4.73. The molecule has 0 fully saturated rings. The summed E-state index contributed by atoms with van der Waals surface area (Å²) in [6, 6.07) is 3.67. The molecule has 1 aromatic heterocycles. The van der Waals surface area contributed by atoms with Crippen LogP contribution in [0.25, 0.3) is 11.3 Å². The summed E-state index contributed by atoms with van der Waals surface area (Å²) in [4.78, 5) is 15.1. The minimum atomic E-state index is -3.80. The molecule has 0 atom stereocenters. The van der Waals surface area contributed by atoms with E-state index in [1.54, 1.807) is 0 Å². The van der Waals surface area contributed by atoms with Crippen molar-refractivity contribution in [2.75, 3.05) is 12.8 Å². The molecule has 0 bridgehead atoms. The number of nitrogens with zero attached hydrogens (tertiary/aromatic N) is 1. The molecule has 24 heavy (non-hydrogen) atoms. The van der Waals surface area contributed by atoms with Crippen molar-refractivity contribution < 1.29 is 32.9 Å². The summed E-state index contributed by atoms with van der Waals surface area (Å²) in [5.41, 5.74) is 5.43. The Morgan fingerprint density at radius 2 is 1.96 bits per heavy atom. The van der Waals surface area contributed by atoms with Crippen molar-refractivity contribution in [3.8, 4) is 28.5 Å². The largest absolute Gasteiger partial charge is 0.586 e. The van der Waals surface area contributed by atoms with Gasteiger partial charge < -0.3 is 25.1 Å². The Labute approximate surface area is 138 Å². The first-order chi connectivity index (χ1) is 11.2. The number of benzene rings is 1. The molecule has 2 heterocycles. The van der Waals surface area contributed by atoms with Gasteiger partial charge in [-0.3, -0.25) is 0 Å². The standard InChI is InChI=1S/C14H9ClF2N2O5/c1-22-8-4-10-9(23-14(16,17)24-10)2-5(8)7-3-6(18)11(15)12(19-7)13(20)21/h2-4H,1H3,(H2,18,19)(H,20,21). The third-order valence-corrected chi connectivity index (χ3v) is 3.58. The van der Waals surface area contributed by atoms with Crippen LogP contribution in [0.15, 0.2) is 18.2 Å². The number of fused-ring (bicyclic) bond motifs is 1. The summed E-state index contributed by atoms with van der Waals surface area (Å²) in [7, 11) is 1.30. The molecule has 0 aliphatic carbocycles. The molecule has 0 unspecified atom stereocenters. The number of methoxy groups -OCH3 is 1. The van der Waals surface area contributed by atoms with Crippen molar-refractivity contribution in [2.45, 2.75) is 6.29 Å². The SMILES string of the molecule is COc1cc2c(cc1-c1cc(N)c(Cl)c(C(=O)O)n1)OC(F)(F)O2. The summed E-state index contributed by atoms with van der Waals surface area (Å²) in [6.07, 6.45) is -3.80. The van der Waals surface area contributed by atoms with Crippen LogP contribution < -0.4 is 19.9 Å². The molecule has 1 aliphatic rings. The van der Waals surface area contributed by atoms with E-state index in [1.807, 2.05) is 0 Å². The fourth-order valence-corrected chi connectivity index (χ4v) is 2.35. The second-order valence-corrected chi connectivity index (χ2v) is 5.11. The summed E-state index contributed by atoms with van der Waals surface area (Å²) in [5.74, 6) is -1.75. The first kappa shape index (κ1) is 16.1. The lowest BCUT2D eigenvalue weighted by Gasteiger charge is -2.11. The minimum Gasteiger partial charge on any atom is -0.496 e. The second kappa shape index (κ2) is 5.38. The number of halogens is 3. The first-order valence-electron chi connectivity index (χ1n) is 6.39. The molecule has 10 heteroatoms. The molecule has 0 amide bonds. The van der Waals surface area contributed by atoms with Gasteiger partial charge >= 0.3 is 12.3 Å². The predicted molar refractivity (Wildman–Crippen MR) is 78.8 cm³/mol. The number of hydrogen-bond acceptors (Lipinski definition) is 6. The zero-order chi connectivity index (χ0) is 17.6. The van der Waals surface area contributed by atoms with Crippen LogP contribution in [-0.2, 0) is 0 Å². The summed E-state index contributed by atoms with van der Waals surface area (Å²) in [5, 5.41) is 8.91. The van der Waals surface area contributed by atoms with E-state index in [0.717, 1.165) is 0 Å². The number of aromatic nitrogens is 1. The van der Waals surface area contributed by atoms with Gasteiger partial charge in [0.2, 0.25) is 0 Å². The quantitative estimate of drug-likeness (QED) is 0.869. The van der Waals surface area contributed by atoms with Crippen molar-refractivity contribution in [3.05, 3.63) is 28.9 Å². The number of carboxylic acids is 1. The third-order valence-electron chi connectivity index (χ3n) is 3.19. The maximum Gasteiger partial charge on any atom is 0.586 e. The number of ether oxygens (including phenoxy) is 3. The molecule has 7 nitrogen and oxygen atoms in total. The molecule has 0 saturated carbocycles. The number of alkyl halides is 2. The van der Waals surface area contributed by atoms with Gasteiger partial charge in [0.15, 0.2) is 17.2 Å². The van der Waals surface area contributed by atoms with Crippen LogP contribution in [-0.4, -0.2) is 29.5 Å².